The second kappa shape index (κ2) is 5.05. The first-order chi connectivity index (χ1) is 10.5. The number of fused-ring (bicyclic) bond motifs is 1. The molecule has 0 aliphatic carbocycles. The Morgan fingerprint density at radius 2 is 1.86 bits per heavy atom. The Labute approximate surface area is 125 Å². The summed E-state index contributed by atoms with van der Waals surface area (Å²) in [4.78, 5) is 26.2. The number of ether oxygens (including phenoxy) is 1. The van der Waals surface area contributed by atoms with Gasteiger partial charge in [0.1, 0.15) is 5.56 Å². The van der Waals surface area contributed by atoms with E-state index < -0.39 is 10.6 Å². The van der Waals surface area contributed by atoms with Crippen molar-refractivity contribution >= 4 is 23.6 Å². The lowest BCUT2D eigenvalue weighted by molar-refractivity contribution is -0.385. The van der Waals surface area contributed by atoms with E-state index in [1.54, 1.807) is 30.3 Å². The summed E-state index contributed by atoms with van der Waals surface area (Å²) in [5, 5.41) is 11.1. The Kier molecular flexibility index (Phi) is 3.19. The number of nitro groups is 1. The van der Waals surface area contributed by atoms with E-state index >= 15 is 0 Å². The molecule has 7 nitrogen and oxygen atoms in total. The lowest BCUT2D eigenvalue weighted by Crippen LogP contribution is -2.45. The SMILES string of the molecule is NC1(C=O)OC(c2ccccc2[N+](=O)[O-])=Nc2ccccc21. The molecule has 1 heterocycles. The number of benzene rings is 2. The van der Waals surface area contributed by atoms with E-state index in [0.717, 1.165) is 0 Å². The van der Waals surface area contributed by atoms with Gasteiger partial charge in [0.2, 0.25) is 11.6 Å². The van der Waals surface area contributed by atoms with Crippen LogP contribution in [0.25, 0.3) is 0 Å². The molecule has 1 aliphatic rings. The summed E-state index contributed by atoms with van der Waals surface area (Å²) in [5.41, 5.74) is 5.10. The molecule has 0 spiro atoms. The van der Waals surface area contributed by atoms with Gasteiger partial charge in [0, 0.05) is 11.6 Å². The second-order valence-corrected chi connectivity index (χ2v) is 4.72. The van der Waals surface area contributed by atoms with Gasteiger partial charge in [0.25, 0.3) is 5.69 Å². The Hall–Kier alpha value is -3.06. The van der Waals surface area contributed by atoms with Gasteiger partial charge in [0.05, 0.1) is 10.6 Å². The van der Waals surface area contributed by atoms with Crippen molar-refractivity contribution in [1.82, 2.24) is 0 Å². The highest BCUT2D eigenvalue weighted by molar-refractivity contribution is 6.02. The van der Waals surface area contributed by atoms with Crippen LogP contribution in [-0.2, 0) is 15.3 Å². The van der Waals surface area contributed by atoms with Crippen molar-refractivity contribution in [3.05, 3.63) is 69.8 Å². The predicted molar refractivity (Wildman–Crippen MR) is 78.7 cm³/mol. The lowest BCUT2D eigenvalue weighted by atomic mass is 10.0. The van der Waals surface area contributed by atoms with Crippen LogP contribution >= 0.6 is 0 Å². The zero-order chi connectivity index (χ0) is 15.7. The molecule has 0 saturated heterocycles. The Morgan fingerprint density at radius 3 is 2.59 bits per heavy atom. The topological polar surface area (TPSA) is 108 Å². The van der Waals surface area contributed by atoms with Crippen LogP contribution in [0.15, 0.2) is 53.5 Å². The molecule has 2 N–H and O–H groups in total. The smallest absolute Gasteiger partial charge is 0.282 e. The molecule has 1 unspecified atom stereocenters. The van der Waals surface area contributed by atoms with E-state index in [9.17, 15) is 14.9 Å². The Bertz CT molecular complexity index is 803. The quantitative estimate of drug-likeness (QED) is 0.529. The molecule has 1 atom stereocenters. The first-order valence-electron chi connectivity index (χ1n) is 6.41. The predicted octanol–water partition coefficient (Wildman–Crippen LogP) is 2.01. The van der Waals surface area contributed by atoms with Crippen LogP contribution in [0.3, 0.4) is 0 Å². The number of aliphatic imine (C=N–C) groups is 1. The molecular formula is C15H11N3O4. The molecule has 22 heavy (non-hydrogen) atoms. The summed E-state index contributed by atoms with van der Waals surface area (Å²) in [6, 6.07) is 12.7. The molecular weight excluding hydrogens is 286 g/mol. The second-order valence-electron chi connectivity index (χ2n) is 4.72. The van der Waals surface area contributed by atoms with Gasteiger partial charge < -0.3 is 4.74 Å². The Balaban J connectivity index is 2.21. The van der Waals surface area contributed by atoms with Crippen LogP contribution in [0.5, 0.6) is 0 Å². The minimum Gasteiger partial charge on any atom is -0.444 e. The highest BCUT2D eigenvalue weighted by Gasteiger charge is 2.38. The highest BCUT2D eigenvalue weighted by Crippen LogP contribution is 2.35. The number of hydrogen-bond donors (Lipinski definition) is 1. The molecule has 0 bridgehead atoms. The van der Waals surface area contributed by atoms with Crippen molar-refractivity contribution < 1.29 is 14.5 Å². The van der Waals surface area contributed by atoms with Crippen molar-refractivity contribution in [3.63, 3.8) is 0 Å². The summed E-state index contributed by atoms with van der Waals surface area (Å²) >= 11 is 0. The summed E-state index contributed by atoms with van der Waals surface area (Å²) in [7, 11) is 0. The first kappa shape index (κ1) is 13.9. The standard InChI is InChI=1S/C15H11N3O4/c16-15(9-19)11-6-2-3-7-12(11)17-14(22-15)10-5-1-4-8-13(10)18(20)21/h1-9H,16H2. The summed E-state index contributed by atoms with van der Waals surface area (Å²) in [6.45, 7) is 0. The number of nitrogens with zero attached hydrogens (tertiary/aromatic N) is 2. The minimum atomic E-state index is -1.72. The van der Waals surface area contributed by atoms with Gasteiger partial charge in [-0.2, -0.15) is 0 Å². The molecule has 0 aromatic heterocycles. The Morgan fingerprint density at radius 1 is 1.18 bits per heavy atom. The number of nitro benzene ring substituents is 1. The van der Waals surface area contributed by atoms with Gasteiger partial charge in [-0.25, -0.2) is 4.99 Å². The summed E-state index contributed by atoms with van der Waals surface area (Å²) in [6.07, 6.45) is 0.454. The number of carbonyl (C=O) groups excluding carboxylic acids is 1. The third-order valence-corrected chi connectivity index (χ3v) is 3.32. The van der Waals surface area contributed by atoms with Crippen LogP contribution in [0.4, 0.5) is 11.4 Å². The summed E-state index contributed by atoms with van der Waals surface area (Å²) < 4.78 is 5.48. The lowest BCUT2D eigenvalue weighted by Gasteiger charge is -2.30. The fourth-order valence-electron chi connectivity index (χ4n) is 2.27. The molecule has 1 aliphatic heterocycles. The van der Waals surface area contributed by atoms with Crippen LogP contribution in [0, 0.1) is 10.1 Å². The van der Waals surface area contributed by atoms with E-state index in [2.05, 4.69) is 4.99 Å². The van der Waals surface area contributed by atoms with Crippen molar-refractivity contribution in [3.8, 4) is 0 Å². The number of carbonyl (C=O) groups is 1. The molecule has 110 valence electrons. The van der Waals surface area contributed by atoms with Crippen molar-refractivity contribution in [2.45, 2.75) is 5.72 Å². The maximum atomic E-state index is 11.4. The molecule has 3 rings (SSSR count). The van der Waals surface area contributed by atoms with E-state index in [1.807, 2.05) is 0 Å². The van der Waals surface area contributed by atoms with Gasteiger partial charge in [-0.3, -0.25) is 20.6 Å². The maximum Gasteiger partial charge on any atom is 0.282 e. The monoisotopic (exact) mass is 297 g/mol. The van der Waals surface area contributed by atoms with Gasteiger partial charge >= 0.3 is 0 Å². The maximum absolute atomic E-state index is 11.4. The third kappa shape index (κ3) is 2.13. The molecule has 0 saturated carbocycles. The van der Waals surface area contributed by atoms with Gasteiger partial charge in [-0.1, -0.05) is 30.3 Å². The molecule has 2 aromatic carbocycles. The minimum absolute atomic E-state index is 0.0550. The zero-order valence-corrected chi connectivity index (χ0v) is 11.3. The van der Waals surface area contributed by atoms with Crippen LogP contribution in [-0.4, -0.2) is 17.1 Å². The molecule has 7 heteroatoms. The van der Waals surface area contributed by atoms with Gasteiger partial charge in [-0.05, 0) is 12.1 Å². The molecule has 0 radical (unpaired) electrons. The average Bonchev–Trinajstić information content (AvgIpc) is 2.54. The number of para-hydroxylation sites is 2. The molecule has 2 aromatic rings. The van der Waals surface area contributed by atoms with Gasteiger partial charge in [0.15, 0.2) is 6.29 Å². The fourth-order valence-corrected chi connectivity index (χ4v) is 2.27. The van der Waals surface area contributed by atoms with E-state index in [-0.39, 0.29) is 17.1 Å². The first-order valence-corrected chi connectivity index (χ1v) is 6.41. The van der Waals surface area contributed by atoms with E-state index in [1.165, 1.54) is 18.2 Å². The van der Waals surface area contributed by atoms with Crippen LogP contribution < -0.4 is 5.73 Å². The van der Waals surface area contributed by atoms with E-state index in [4.69, 9.17) is 10.5 Å². The van der Waals surface area contributed by atoms with Crippen molar-refractivity contribution in [2.75, 3.05) is 0 Å². The number of hydrogen-bond acceptors (Lipinski definition) is 6. The van der Waals surface area contributed by atoms with Crippen molar-refractivity contribution in [1.29, 1.82) is 0 Å². The van der Waals surface area contributed by atoms with E-state index in [0.29, 0.717) is 17.5 Å². The van der Waals surface area contributed by atoms with Crippen LogP contribution in [0.1, 0.15) is 11.1 Å². The number of nitrogens with two attached hydrogens (primary N) is 1. The number of aldehydes is 1. The molecule has 0 fully saturated rings. The fraction of sp³-hybridized carbons (Fsp3) is 0.0667. The molecule has 0 amide bonds. The third-order valence-electron chi connectivity index (χ3n) is 3.32. The summed E-state index contributed by atoms with van der Waals surface area (Å²) in [5.74, 6) is -0.0550. The van der Waals surface area contributed by atoms with Gasteiger partial charge in [-0.15, -0.1) is 0 Å². The van der Waals surface area contributed by atoms with Crippen LogP contribution in [0.2, 0.25) is 0 Å². The highest BCUT2D eigenvalue weighted by atomic mass is 16.6. The average molecular weight is 297 g/mol. The largest absolute Gasteiger partial charge is 0.444 e. The van der Waals surface area contributed by atoms with Crippen molar-refractivity contribution in [2.24, 2.45) is 10.7 Å². The normalized spacial score (nSPS) is 19.6. The zero-order valence-electron chi connectivity index (χ0n) is 11.3. The number of rotatable bonds is 3.